The largest absolute Gasteiger partial charge is 0.480 e. The van der Waals surface area contributed by atoms with Crippen LogP contribution in [0.3, 0.4) is 0 Å². The van der Waals surface area contributed by atoms with Crippen molar-refractivity contribution in [3.05, 3.63) is 29.3 Å². The van der Waals surface area contributed by atoms with Gasteiger partial charge in [-0.3, -0.25) is 68.0 Å². The average Bonchev–Trinajstić information content (AvgIpc) is 3.09. The first kappa shape index (κ1) is 46.9. The molecular formula is C36H59N9O12. The number of nitrogen functional groups attached to an aromatic ring is 1. The number of nitrogens with two attached hydrogens (primary N) is 1. The van der Waals surface area contributed by atoms with E-state index in [1.807, 2.05) is 18.2 Å². The Hall–Kier alpha value is -4.48. The Morgan fingerprint density at radius 2 is 0.526 bits per heavy atom. The van der Waals surface area contributed by atoms with Crippen LogP contribution in [-0.2, 0) is 41.9 Å². The maximum Gasteiger partial charge on any atom is 0.317 e. The summed E-state index contributed by atoms with van der Waals surface area (Å²) in [6.45, 7) is 4.99. The highest BCUT2D eigenvalue weighted by Gasteiger charge is 2.23. The second-order valence-electron chi connectivity index (χ2n) is 14.7. The molecule has 2 fully saturated rings. The fraction of sp³-hybridized carbons (Fsp3) is 0.667. The van der Waals surface area contributed by atoms with Crippen LogP contribution < -0.4 is 5.73 Å². The number of carbonyl (C=O) groups is 6. The molecule has 0 aromatic heterocycles. The summed E-state index contributed by atoms with van der Waals surface area (Å²) < 4.78 is 0. The fourth-order valence-corrected chi connectivity index (χ4v) is 7.06. The van der Waals surface area contributed by atoms with Gasteiger partial charge in [0.1, 0.15) is 0 Å². The lowest BCUT2D eigenvalue weighted by Crippen LogP contribution is -2.48. The van der Waals surface area contributed by atoms with E-state index in [0.29, 0.717) is 123 Å². The number of benzene rings is 1. The molecule has 21 heteroatoms. The van der Waals surface area contributed by atoms with Gasteiger partial charge in [-0.2, -0.15) is 0 Å². The van der Waals surface area contributed by atoms with Crippen LogP contribution in [0.1, 0.15) is 11.1 Å². The molecule has 2 saturated heterocycles. The lowest BCUT2D eigenvalue weighted by molar-refractivity contribution is -0.140. The molecule has 57 heavy (non-hydrogen) atoms. The third-order valence-corrected chi connectivity index (χ3v) is 9.90. The summed E-state index contributed by atoms with van der Waals surface area (Å²) >= 11 is 0. The van der Waals surface area contributed by atoms with E-state index in [-0.39, 0.29) is 39.3 Å². The van der Waals surface area contributed by atoms with E-state index in [4.69, 9.17) is 5.73 Å². The van der Waals surface area contributed by atoms with Crippen LogP contribution in [0.25, 0.3) is 0 Å². The van der Waals surface area contributed by atoms with Gasteiger partial charge >= 0.3 is 35.8 Å². The van der Waals surface area contributed by atoms with Crippen molar-refractivity contribution in [2.45, 2.75) is 13.1 Å². The maximum absolute atomic E-state index is 11.7. The van der Waals surface area contributed by atoms with Gasteiger partial charge in [0.25, 0.3) is 0 Å². The number of hydrogen-bond acceptors (Lipinski definition) is 15. The minimum Gasteiger partial charge on any atom is -0.480 e. The van der Waals surface area contributed by atoms with Gasteiger partial charge in [0.05, 0.1) is 39.3 Å². The van der Waals surface area contributed by atoms with Gasteiger partial charge in [0, 0.05) is 123 Å². The zero-order valence-electron chi connectivity index (χ0n) is 32.5. The summed E-state index contributed by atoms with van der Waals surface area (Å²) in [5.41, 5.74) is 8.67. The van der Waals surface area contributed by atoms with Gasteiger partial charge in [-0.1, -0.05) is 6.07 Å². The summed E-state index contributed by atoms with van der Waals surface area (Å²) in [6.07, 6.45) is 0. The molecule has 1 aromatic rings. The standard InChI is InChI=1S/C36H59N9O12/c37-30-18-28(20-38-1-5-40(22-31(46)47)9-13-44(26-35(54)55)14-10-41(6-2-38)23-32(48)49)17-29(19-30)21-39-3-7-42(24-33(50)51)11-15-45(27-36(56)57)16-12-43(8-4-39)25-34(52)53/h17-19H,1-16,20-27,37H2,(H,46,47)(H,48,49)(H,50,51)(H,52,53)(H,54,55)(H,56,57). The number of aliphatic carboxylic acids is 6. The quantitative estimate of drug-likeness (QED) is 0.0832. The number of carboxylic acids is 6. The summed E-state index contributed by atoms with van der Waals surface area (Å²) in [5.74, 6) is -6.09. The summed E-state index contributed by atoms with van der Waals surface area (Å²) in [5, 5.41) is 57.2. The molecule has 3 rings (SSSR count). The number of hydrogen-bond donors (Lipinski definition) is 7. The Morgan fingerprint density at radius 1 is 0.351 bits per heavy atom. The predicted octanol–water partition coefficient (Wildman–Crippen LogP) is -2.78. The van der Waals surface area contributed by atoms with Gasteiger partial charge in [-0.05, 0) is 23.3 Å². The lowest BCUT2D eigenvalue weighted by atomic mass is 10.1. The Balaban J connectivity index is 1.83. The molecule has 2 aliphatic heterocycles. The molecule has 1 aromatic carbocycles. The molecule has 0 amide bonds. The molecule has 0 atom stereocenters. The van der Waals surface area contributed by atoms with E-state index >= 15 is 0 Å². The number of carboxylic acid groups (broad SMARTS) is 6. The van der Waals surface area contributed by atoms with Crippen molar-refractivity contribution in [3.63, 3.8) is 0 Å². The fourth-order valence-electron chi connectivity index (χ4n) is 7.06. The summed E-state index contributed by atoms with van der Waals surface area (Å²) in [4.78, 5) is 84.5. The van der Waals surface area contributed by atoms with Gasteiger partial charge < -0.3 is 36.4 Å². The lowest BCUT2D eigenvalue weighted by Gasteiger charge is -2.33. The van der Waals surface area contributed by atoms with Crippen molar-refractivity contribution in [1.29, 1.82) is 0 Å². The predicted molar refractivity (Wildman–Crippen MR) is 206 cm³/mol. The molecule has 0 saturated carbocycles. The monoisotopic (exact) mass is 809 g/mol. The zero-order valence-corrected chi connectivity index (χ0v) is 32.5. The topological polar surface area (TPSA) is 276 Å². The summed E-state index contributed by atoms with van der Waals surface area (Å²) in [6, 6.07) is 5.69. The van der Waals surface area contributed by atoms with Crippen molar-refractivity contribution in [2.24, 2.45) is 0 Å². The second-order valence-corrected chi connectivity index (χ2v) is 14.7. The van der Waals surface area contributed by atoms with Crippen LogP contribution in [0.15, 0.2) is 18.2 Å². The molecule has 0 spiro atoms. The van der Waals surface area contributed by atoms with E-state index in [1.165, 1.54) is 0 Å². The Kier molecular flexibility index (Phi) is 20.0. The van der Waals surface area contributed by atoms with Crippen LogP contribution >= 0.6 is 0 Å². The Labute approximate surface area is 332 Å². The smallest absolute Gasteiger partial charge is 0.317 e. The van der Waals surface area contributed by atoms with Crippen LogP contribution in [0.5, 0.6) is 0 Å². The highest BCUT2D eigenvalue weighted by atomic mass is 16.4. The molecular weight excluding hydrogens is 750 g/mol. The first-order valence-corrected chi connectivity index (χ1v) is 19.0. The Bertz CT molecular complexity index is 1340. The molecule has 0 aliphatic carbocycles. The minimum absolute atomic E-state index is 0.230. The number of nitrogens with zero attached hydrogens (tertiary/aromatic N) is 8. The van der Waals surface area contributed by atoms with E-state index in [9.17, 15) is 59.4 Å². The average molecular weight is 810 g/mol. The van der Waals surface area contributed by atoms with Crippen LogP contribution in [-0.4, -0.2) is 250 Å². The molecule has 320 valence electrons. The normalized spacial score (nSPS) is 19.7. The van der Waals surface area contributed by atoms with E-state index in [0.717, 1.165) is 11.1 Å². The molecule has 0 unspecified atom stereocenters. The number of rotatable bonds is 16. The van der Waals surface area contributed by atoms with E-state index < -0.39 is 35.8 Å². The van der Waals surface area contributed by atoms with Crippen molar-refractivity contribution < 1.29 is 59.4 Å². The van der Waals surface area contributed by atoms with Crippen molar-refractivity contribution >= 4 is 41.5 Å². The van der Waals surface area contributed by atoms with Crippen LogP contribution in [0, 0.1) is 0 Å². The summed E-state index contributed by atoms with van der Waals surface area (Å²) in [7, 11) is 0. The minimum atomic E-state index is -1.03. The molecule has 2 aliphatic rings. The third-order valence-electron chi connectivity index (χ3n) is 9.90. The number of anilines is 1. The van der Waals surface area contributed by atoms with Gasteiger partial charge in [-0.25, -0.2) is 0 Å². The molecule has 0 radical (unpaired) electrons. The molecule has 21 nitrogen and oxygen atoms in total. The van der Waals surface area contributed by atoms with Crippen LogP contribution in [0.2, 0.25) is 0 Å². The van der Waals surface area contributed by atoms with Gasteiger partial charge in [0.2, 0.25) is 0 Å². The van der Waals surface area contributed by atoms with E-state index in [1.54, 1.807) is 29.4 Å². The molecule has 8 N–H and O–H groups in total. The maximum atomic E-state index is 11.7. The van der Waals surface area contributed by atoms with Gasteiger partial charge in [0.15, 0.2) is 0 Å². The van der Waals surface area contributed by atoms with Crippen LogP contribution in [0.4, 0.5) is 5.69 Å². The molecule has 2 heterocycles. The first-order chi connectivity index (χ1) is 27.0. The molecule has 0 bridgehead atoms. The second kappa shape index (κ2) is 24.3. The SMILES string of the molecule is Nc1cc(CN2CCN(CC(=O)O)CCN(CC(=O)O)CCN(CC(=O)O)CC2)cc(CN2CCN(CC(=O)O)CCN(CC(=O)O)CCN(CC(=O)O)CC2)c1. The van der Waals surface area contributed by atoms with E-state index in [2.05, 4.69) is 9.80 Å². The third kappa shape index (κ3) is 20.0. The highest BCUT2D eigenvalue weighted by Crippen LogP contribution is 2.17. The van der Waals surface area contributed by atoms with Crippen molar-refractivity contribution in [2.75, 3.05) is 150 Å². The zero-order chi connectivity index (χ0) is 41.9. The Morgan fingerprint density at radius 3 is 0.702 bits per heavy atom. The highest BCUT2D eigenvalue weighted by molar-refractivity contribution is 5.71. The first-order valence-electron chi connectivity index (χ1n) is 19.0. The van der Waals surface area contributed by atoms with Crippen molar-refractivity contribution in [3.8, 4) is 0 Å². The van der Waals surface area contributed by atoms with Gasteiger partial charge in [-0.15, -0.1) is 0 Å². The van der Waals surface area contributed by atoms with Crippen molar-refractivity contribution in [1.82, 2.24) is 39.2 Å².